The molecule has 2 aromatic rings. The van der Waals surface area contributed by atoms with Crippen LogP contribution in [-0.2, 0) is 17.8 Å². The quantitative estimate of drug-likeness (QED) is 0.670. The van der Waals surface area contributed by atoms with Gasteiger partial charge >= 0.3 is 0 Å². The van der Waals surface area contributed by atoms with Crippen molar-refractivity contribution in [1.82, 2.24) is 15.1 Å². The summed E-state index contributed by atoms with van der Waals surface area (Å²) in [6.45, 7) is 8.19. The molecule has 31 heavy (non-hydrogen) atoms. The van der Waals surface area contributed by atoms with E-state index in [1.165, 1.54) is 11.1 Å². The molecule has 1 heterocycles. The average Bonchev–Trinajstić information content (AvgIpc) is 3.00. The summed E-state index contributed by atoms with van der Waals surface area (Å²) in [5.41, 5.74) is 3.85. The molecule has 2 aromatic carbocycles. The third-order valence-corrected chi connectivity index (χ3v) is 5.89. The lowest BCUT2D eigenvalue weighted by molar-refractivity contribution is -0.122. The molecular weight excluding hydrogens is 390 g/mol. The van der Waals surface area contributed by atoms with E-state index in [-0.39, 0.29) is 5.91 Å². The Bertz CT molecular complexity index is 856. The van der Waals surface area contributed by atoms with Gasteiger partial charge in [0.05, 0.1) is 20.8 Å². The predicted molar refractivity (Wildman–Crippen MR) is 124 cm³/mol. The Labute approximate surface area is 186 Å². The monoisotopic (exact) mass is 425 g/mol. The van der Waals surface area contributed by atoms with E-state index >= 15 is 0 Å². The topological polar surface area (TPSA) is 54.0 Å². The van der Waals surface area contributed by atoms with Crippen LogP contribution in [0.4, 0.5) is 0 Å². The van der Waals surface area contributed by atoms with Gasteiger partial charge in [-0.05, 0) is 61.7 Å². The molecule has 0 unspecified atom stereocenters. The first-order chi connectivity index (χ1) is 15.1. The predicted octanol–water partition coefficient (Wildman–Crippen LogP) is 2.88. The lowest BCUT2D eigenvalue weighted by Gasteiger charge is -2.22. The number of benzene rings is 2. The van der Waals surface area contributed by atoms with Crippen molar-refractivity contribution >= 4 is 5.91 Å². The van der Waals surface area contributed by atoms with Gasteiger partial charge in [-0.15, -0.1) is 0 Å². The van der Waals surface area contributed by atoms with Crippen LogP contribution in [0.25, 0.3) is 0 Å². The first-order valence-electron chi connectivity index (χ1n) is 11.1. The number of ether oxygens (including phenoxy) is 2. The van der Waals surface area contributed by atoms with Crippen molar-refractivity contribution in [3.63, 3.8) is 0 Å². The van der Waals surface area contributed by atoms with Crippen LogP contribution in [0.5, 0.6) is 11.5 Å². The molecule has 0 radical (unpaired) electrons. The Kier molecular flexibility index (Phi) is 8.74. The molecular formula is C25H35N3O3. The summed E-state index contributed by atoms with van der Waals surface area (Å²) in [6, 6.07) is 14.4. The van der Waals surface area contributed by atoms with Crippen molar-refractivity contribution in [2.45, 2.75) is 26.3 Å². The molecule has 0 aliphatic carbocycles. The van der Waals surface area contributed by atoms with Crippen LogP contribution in [-0.4, -0.2) is 69.2 Å². The van der Waals surface area contributed by atoms with E-state index in [4.69, 9.17) is 9.47 Å². The van der Waals surface area contributed by atoms with Gasteiger partial charge in [0.2, 0.25) is 5.91 Å². The van der Waals surface area contributed by atoms with E-state index in [1.807, 2.05) is 18.2 Å². The highest BCUT2D eigenvalue weighted by Crippen LogP contribution is 2.27. The summed E-state index contributed by atoms with van der Waals surface area (Å²) in [7, 11) is 3.26. The van der Waals surface area contributed by atoms with E-state index in [1.54, 1.807) is 14.2 Å². The van der Waals surface area contributed by atoms with Crippen LogP contribution in [0.2, 0.25) is 0 Å². The summed E-state index contributed by atoms with van der Waals surface area (Å²) < 4.78 is 10.6. The number of methoxy groups -OCH3 is 2. The van der Waals surface area contributed by atoms with E-state index in [9.17, 15) is 4.79 Å². The minimum atomic E-state index is 0.0906. The fourth-order valence-corrected chi connectivity index (χ4v) is 4.01. The number of carbonyl (C=O) groups is 1. The lowest BCUT2D eigenvalue weighted by atomic mass is 10.1. The standard InChI is InChI=1S/C25H35N3O3/c1-20-7-4-5-8-22(20)18-27-13-6-14-28(16-15-27)19-25(29)26-12-11-21-9-10-23(30-2)24(17-21)31-3/h4-5,7-10,17H,6,11-16,18-19H2,1-3H3,(H,26,29). The number of hydrogen-bond acceptors (Lipinski definition) is 5. The summed E-state index contributed by atoms with van der Waals surface area (Å²) in [5.74, 6) is 1.52. The highest BCUT2D eigenvalue weighted by molar-refractivity contribution is 5.78. The van der Waals surface area contributed by atoms with Crippen molar-refractivity contribution in [1.29, 1.82) is 0 Å². The zero-order valence-electron chi connectivity index (χ0n) is 19.0. The zero-order chi connectivity index (χ0) is 22.1. The number of nitrogens with zero attached hydrogens (tertiary/aromatic N) is 2. The van der Waals surface area contributed by atoms with Crippen LogP contribution in [0.3, 0.4) is 0 Å². The first kappa shape index (κ1) is 23.1. The number of rotatable bonds is 9. The SMILES string of the molecule is COc1ccc(CCNC(=O)CN2CCCN(Cc3ccccc3C)CC2)cc1OC. The van der Waals surface area contributed by atoms with Crippen molar-refractivity contribution in [3.05, 3.63) is 59.2 Å². The second-order valence-electron chi connectivity index (χ2n) is 8.12. The molecule has 0 saturated carbocycles. The summed E-state index contributed by atoms with van der Waals surface area (Å²) in [5, 5.41) is 3.06. The second kappa shape index (κ2) is 11.7. The molecule has 0 aromatic heterocycles. The van der Waals surface area contributed by atoms with Crippen LogP contribution in [0, 0.1) is 6.92 Å². The lowest BCUT2D eigenvalue weighted by Crippen LogP contribution is -2.39. The summed E-state index contributed by atoms with van der Waals surface area (Å²) >= 11 is 0. The molecule has 6 heteroatoms. The summed E-state index contributed by atoms with van der Waals surface area (Å²) in [6.07, 6.45) is 1.85. The van der Waals surface area contributed by atoms with Crippen LogP contribution < -0.4 is 14.8 Å². The van der Waals surface area contributed by atoms with Gasteiger partial charge in [0.1, 0.15) is 0 Å². The fourth-order valence-electron chi connectivity index (χ4n) is 4.01. The van der Waals surface area contributed by atoms with Crippen LogP contribution >= 0.6 is 0 Å². The molecule has 1 fully saturated rings. The third-order valence-electron chi connectivity index (χ3n) is 5.89. The van der Waals surface area contributed by atoms with Crippen molar-refractivity contribution < 1.29 is 14.3 Å². The van der Waals surface area contributed by atoms with E-state index < -0.39 is 0 Å². The van der Waals surface area contributed by atoms with Gasteiger partial charge in [-0.3, -0.25) is 14.6 Å². The van der Waals surface area contributed by atoms with Gasteiger partial charge < -0.3 is 14.8 Å². The minimum Gasteiger partial charge on any atom is -0.493 e. The molecule has 0 atom stereocenters. The molecule has 168 valence electrons. The summed E-state index contributed by atoms with van der Waals surface area (Å²) in [4.78, 5) is 17.2. The van der Waals surface area contributed by atoms with E-state index in [2.05, 4.69) is 46.3 Å². The van der Waals surface area contributed by atoms with E-state index in [0.717, 1.165) is 51.1 Å². The Morgan fingerprint density at radius 3 is 2.48 bits per heavy atom. The third kappa shape index (κ3) is 6.97. The van der Waals surface area contributed by atoms with Crippen LogP contribution in [0.1, 0.15) is 23.1 Å². The molecule has 6 nitrogen and oxygen atoms in total. The molecule has 0 bridgehead atoms. The molecule has 1 amide bonds. The average molecular weight is 426 g/mol. The number of hydrogen-bond donors (Lipinski definition) is 1. The van der Waals surface area contributed by atoms with Gasteiger partial charge in [-0.1, -0.05) is 30.3 Å². The number of amides is 1. The first-order valence-corrected chi connectivity index (χ1v) is 11.1. The van der Waals surface area contributed by atoms with Gasteiger partial charge in [-0.25, -0.2) is 0 Å². The molecule has 1 saturated heterocycles. The maximum atomic E-state index is 12.4. The Hall–Kier alpha value is -2.57. The van der Waals surface area contributed by atoms with Crippen LogP contribution in [0.15, 0.2) is 42.5 Å². The van der Waals surface area contributed by atoms with Gasteiger partial charge in [-0.2, -0.15) is 0 Å². The van der Waals surface area contributed by atoms with E-state index in [0.29, 0.717) is 24.6 Å². The van der Waals surface area contributed by atoms with Gasteiger partial charge in [0.15, 0.2) is 11.5 Å². The molecule has 1 N–H and O–H groups in total. The number of aryl methyl sites for hydroxylation is 1. The molecule has 3 rings (SSSR count). The number of carbonyl (C=O) groups excluding carboxylic acids is 1. The maximum absolute atomic E-state index is 12.4. The normalized spacial score (nSPS) is 15.3. The van der Waals surface area contributed by atoms with Crippen molar-refractivity contribution in [2.75, 3.05) is 53.5 Å². The van der Waals surface area contributed by atoms with Gasteiger partial charge in [0, 0.05) is 26.2 Å². The molecule has 1 aliphatic heterocycles. The second-order valence-corrected chi connectivity index (χ2v) is 8.12. The molecule has 0 spiro atoms. The largest absolute Gasteiger partial charge is 0.493 e. The fraction of sp³-hybridized carbons (Fsp3) is 0.480. The maximum Gasteiger partial charge on any atom is 0.234 e. The zero-order valence-corrected chi connectivity index (χ0v) is 19.0. The smallest absolute Gasteiger partial charge is 0.234 e. The highest BCUT2D eigenvalue weighted by atomic mass is 16.5. The van der Waals surface area contributed by atoms with Crippen molar-refractivity contribution in [3.8, 4) is 11.5 Å². The molecule has 1 aliphatic rings. The van der Waals surface area contributed by atoms with Crippen molar-refractivity contribution in [2.24, 2.45) is 0 Å². The Balaban J connectivity index is 1.40. The highest BCUT2D eigenvalue weighted by Gasteiger charge is 2.17. The Morgan fingerprint density at radius 2 is 1.71 bits per heavy atom. The Morgan fingerprint density at radius 1 is 0.968 bits per heavy atom. The minimum absolute atomic E-state index is 0.0906. The number of nitrogens with one attached hydrogen (secondary N) is 1. The van der Waals surface area contributed by atoms with Gasteiger partial charge in [0.25, 0.3) is 0 Å².